The average molecular weight is 423 g/mol. The van der Waals surface area contributed by atoms with Crippen molar-refractivity contribution < 1.29 is 14.3 Å². The minimum absolute atomic E-state index is 0.0772. The zero-order valence-electron chi connectivity index (χ0n) is 18.9. The van der Waals surface area contributed by atoms with Gasteiger partial charge in [-0.1, -0.05) is 42.5 Å². The van der Waals surface area contributed by atoms with E-state index >= 15 is 0 Å². The third kappa shape index (κ3) is 6.94. The van der Waals surface area contributed by atoms with Crippen molar-refractivity contribution in [3.63, 3.8) is 0 Å². The van der Waals surface area contributed by atoms with Gasteiger partial charge in [0.05, 0.1) is 19.3 Å². The highest BCUT2D eigenvalue weighted by molar-refractivity contribution is 5.94. The van der Waals surface area contributed by atoms with Gasteiger partial charge in [-0.05, 0) is 44.5 Å². The molecule has 1 heterocycles. The van der Waals surface area contributed by atoms with Gasteiger partial charge in [-0.15, -0.1) is 0 Å². The molecule has 0 bridgehead atoms. The second-order valence-electron chi connectivity index (χ2n) is 8.02. The molecule has 31 heavy (non-hydrogen) atoms. The Balaban J connectivity index is 1.55. The van der Waals surface area contributed by atoms with Crippen molar-refractivity contribution in [3.8, 4) is 5.75 Å². The van der Waals surface area contributed by atoms with Gasteiger partial charge in [-0.3, -0.25) is 9.69 Å². The van der Waals surface area contributed by atoms with E-state index in [2.05, 4.69) is 29.2 Å². The summed E-state index contributed by atoms with van der Waals surface area (Å²) in [5, 5.41) is 0. The molecule has 0 aliphatic carbocycles. The van der Waals surface area contributed by atoms with E-state index < -0.39 is 0 Å². The number of carbonyl (C=O) groups is 1. The number of hydrogen-bond donors (Lipinski definition) is 0. The van der Waals surface area contributed by atoms with Crippen LogP contribution in [0.25, 0.3) is 6.08 Å². The van der Waals surface area contributed by atoms with Crippen molar-refractivity contribution >= 4 is 12.0 Å². The summed E-state index contributed by atoms with van der Waals surface area (Å²) in [6.45, 7) is 11.1. The van der Waals surface area contributed by atoms with E-state index in [1.54, 1.807) is 0 Å². The van der Waals surface area contributed by atoms with Crippen LogP contribution in [0.15, 0.2) is 54.6 Å². The van der Waals surface area contributed by atoms with Crippen LogP contribution in [0.1, 0.15) is 42.3 Å². The van der Waals surface area contributed by atoms with Crippen LogP contribution in [-0.2, 0) is 11.3 Å². The van der Waals surface area contributed by atoms with Crippen LogP contribution >= 0.6 is 0 Å². The summed E-state index contributed by atoms with van der Waals surface area (Å²) in [6, 6.07) is 16.0. The van der Waals surface area contributed by atoms with Gasteiger partial charge in [0, 0.05) is 43.9 Å². The Bertz CT molecular complexity index is 856. The van der Waals surface area contributed by atoms with E-state index in [0.29, 0.717) is 18.8 Å². The Morgan fingerprint density at radius 1 is 1.06 bits per heavy atom. The van der Waals surface area contributed by atoms with Crippen LogP contribution in [0, 0.1) is 0 Å². The Labute approximate surface area is 186 Å². The maximum Gasteiger partial charge on any atom is 0.253 e. The first-order chi connectivity index (χ1) is 15.1. The fraction of sp³-hybridized carbons (Fsp3) is 0.423. The van der Waals surface area contributed by atoms with E-state index in [0.717, 1.165) is 44.0 Å². The van der Waals surface area contributed by atoms with Crippen molar-refractivity contribution in [3.05, 3.63) is 71.3 Å². The Kier molecular flexibility index (Phi) is 8.68. The first kappa shape index (κ1) is 23.0. The summed E-state index contributed by atoms with van der Waals surface area (Å²) in [5.74, 6) is 0.864. The number of nitrogens with zero attached hydrogens (tertiary/aromatic N) is 2. The third-order valence-electron chi connectivity index (χ3n) is 5.31. The number of piperazine rings is 1. The number of hydrogen-bond acceptors (Lipinski definition) is 4. The predicted octanol–water partition coefficient (Wildman–Crippen LogP) is 4.48. The topological polar surface area (TPSA) is 42.0 Å². The van der Waals surface area contributed by atoms with Crippen LogP contribution in [0.3, 0.4) is 0 Å². The Morgan fingerprint density at radius 3 is 2.48 bits per heavy atom. The number of rotatable bonds is 9. The number of benzene rings is 2. The first-order valence-corrected chi connectivity index (χ1v) is 11.2. The minimum Gasteiger partial charge on any atom is -0.494 e. The van der Waals surface area contributed by atoms with Crippen LogP contribution in [0.2, 0.25) is 0 Å². The Morgan fingerprint density at radius 2 is 1.81 bits per heavy atom. The lowest BCUT2D eigenvalue weighted by Crippen LogP contribution is -2.48. The molecule has 0 aromatic heterocycles. The van der Waals surface area contributed by atoms with Gasteiger partial charge in [0.2, 0.25) is 0 Å². The fourth-order valence-corrected chi connectivity index (χ4v) is 3.60. The van der Waals surface area contributed by atoms with E-state index in [1.807, 2.05) is 62.1 Å². The van der Waals surface area contributed by atoms with Crippen molar-refractivity contribution in [2.45, 2.75) is 33.5 Å². The molecule has 166 valence electrons. The molecule has 5 nitrogen and oxygen atoms in total. The maximum atomic E-state index is 13.1. The summed E-state index contributed by atoms with van der Waals surface area (Å²) in [4.78, 5) is 17.4. The second-order valence-corrected chi connectivity index (χ2v) is 8.02. The molecule has 0 unspecified atom stereocenters. The first-order valence-electron chi connectivity index (χ1n) is 11.2. The van der Waals surface area contributed by atoms with Gasteiger partial charge >= 0.3 is 0 Å². The molecule has 3 rings (SSSR count). The summed E-state index contributed by atoms with van der Waals surface area (Å²) in [6.07, 6.45) is 4.47. The summed E-state index contributed by atoms with van der Waals surface area (Å²) in [5.41, 5.74) is 2.83. The molecule has 2 aromatic rings. The highest BCUT2D eigenvalue weighted by Gasteiger charge is 2.22. The van der Waals surface area contributed by atoms with Crippen LogP contribution in [-0.4, -0.2) is 61.1 Å². The highest BCUT2D eigenvalue weighted by atomic mass is 16.5. The molecule has 0 radical (unpaired) electrons. The van der Waals surface area contributed by atoms with Crippen molar-refractivity contribution in [1.82, 2.24) is 9.80 Å². The van der Waals surface area contributed by atoms with Crippen molar-refractivity contribution in [2.24, 2.45) is 0 Å². The predicted molar refractivity (Wildman–Crippen MR) is 125 cm³/mol. The minimum atomic E-state index is 0.0772. The standard InChI is InChI=1S/C26H34N2O3/c1-4-30-25-13-12-23(19-24(25)20-31-21(2)3)26(29)28-17-15-27(16-18-28)14-8-11-22-9-6-5-7-10-22/h5-13,19,21H,4,14-18,20H2,1-3H3/b11-8+. The molecule has 0 saturated carbocycles. The molecule has 5 heteroatoms. The fourth-order valence-electron chi connectivity index (χ4n) is 3.60. The van der Waals surface area contributed by atoms with Crippen molar-refractivity contribution in [2.75, 3.05) is 39.3 Å². The molecule has 1 aliphatic heterocycles. The van der Waals surface area contributed by atoms with Gasteiger partial charge in [0.15, 0.2) is 0 Å². The lowest BCUT2D eigenvalue weighted by atomic mass is 10.1. The molecule has 2 aromatic carbocycles. The molecule has 0 atom stereocenters. The summed E-state index contributed by atoms with van der Waals surface area (Å²) < 4.78 is 11.5. The molecular weight excluding hydrogens is 388 g/mol. The lowest BCUT2D eigenvalue weighted by molar-refractivity contribution is 0.0630. The van der Waals surface area contributed by atoms with E-state index in [-0.39, 0.29) is 12.0 Å². The molecule has 0 N–H and O–H groups in total. The SMILES string of the molecule is CCOc1ccc(C(=O)N2CCN(C/C=C/c3ccccc3)CC2)cc1COC(C)C. The molecule has 1 aliphatic rings. The second kappa shape index (κ2) is 11.7. The molecule has 0 spiro atoms. The van der Waals surface area contributed by atoms with Gasteiger partial charge in [-0.2, -0.15) is 0 Å². The normalized spacial score (nSPS) is 15.0. The third-order valence-corrected chi connectivity index (χ3v) is 5.31. The average Bonchev–Trinajstić information content (AvgIpc) is 2.79. The highest BCUT2D eigenvalue weighted by Crippen LogP contribution is 2.23. The van der Waals surface area contributed by atoms with Crippen LogP contribution in [0.5, 0.6) is 5.75 Å². The summed E-state index contributed by atoms with van der Waals surface area (Å²) in [7, 11) is 0. The zero-order valence-corrected chi connectivity index (χ0v) is 18.9. The molecule has 1 fully saturated rings. The van der Waals surface area contributed by atoms with E-state index in [1.165, 1.54) is 5.56 Å². The number of carbonyl (C=O) groups excluding carboxylic acids is 1. The smallest absolute Gasteiger partial charge is 0.253 e. The molecule has 1 saturated heterocycles. The monoisotopic (exact) mass is 422 g/mol. The lowest BCUT2D eigenvalue weighted by Gasteiger charge is -2.34. The number of amides is 1. The Hall–Kier alpha value is -2.63. The van der Waals surface area contributed by atoms with Gasteiger partial charge < -0.3 is 14.4 Å². The largest absolute Gasteiger partial charge is 0.494 e. The van der Waals surface area contributed by atoms with Gasteiger partial charge in [-0.25, -0.2) is 0 Å². The quantitative estimate of drug-likeness (QED) is 0.597. The zero-order chi connectivity index (χ0) is 22.1. The molecule has 1 amide bonds. The maximum absolute atomic E-state index is 13.1. The molecular formula is C26H34N2O3. The van der Waals surface area contributed by atoms with E-state index in [4.69, 9.17) is 9.47 Å². The van der Waals surface area contributed by atoms with Gasteiger partial charge in [0.25, 0.3) is 5.91 Å². The van der Waals surface area contributed by atoms with Crippen LogP contribution < -0.4 is 4.74 Å². The van der Waals surface area contributed by atoms with Crippen LogP contribution in [0.4, 0.5) is 0 Å². The van der Waals surface area contributed by atoms with Gasteiger partial charge in [0.1, 0.15) is 5.75 Å². The number of ether oxygens (including phenoxy) is 2. The van der Waals surface area contributed by atoms with E-state index in [9.17, 15) is 4.79 Å². The summed E-state index contributed by atoms with van der Waals surface area (Å²) >= 11 is 0. The van der Waals surface area contributed by atoms with Crippen molar-refractivity contribution in [1.29, 1.82) is 0 Å².